The van der Waals surface area contributed by atoms with E-state index < -0.39 is 5.41 Å². The number of hydrogen-bond donors (Lipinski definition) is 0. The van der Waals surface area contributed by atoms with Gasteiger partial charge in [0, 0.05) is 49.5 Å². The van der Waals surface area contributed by atoms with Crippen molar-refractivity contribution in [1.29, 1.82) is 0 Å². The highest BCUT2D eigenvalue weighted by molar-refractivity contribution is 6.17. The van der Waals surface area contributed by atoms with Crippen LogP contribution < -0.4 is 0 Å². The molecule has 15 rings (SSSR count). The minimum absolute atomic E-state index is 0.456. The fourth-order valence-electron chi connectivity index (χ4n) is 11.8. The Morgan fingerprint density at radius 3 is 1.64 bits per heavy atom. The van der Waals surface area contributed by atoms with Crippen molar-refractivity contribution in [2.45, 2.75) is 5.41 Å². The van der Waals surface area contributed by atoms with Crippen LogP contribution in [0.1, 0.15) is 22.3 Å². The summed E-state index contributed by atoms with van der Waals surface area (Å²) in [6, 6.07) is 82.6. The number of fused-ring (bicyclic) bond motifs is 17. The molecule has 0 saturated carbocycles. The quantitative estimate of drug-likeness (QED) is 0.173. The van der Waals surface area contributed by atoms with Crippen LogP contribution in [0, 0.1) is 0 Å². The first-order valence-corrected chi connectivity index (χ1v) is 23.5. The molecule has 0 saturated heterocycles. The third-order valence-corrected chi connectivity index (χ3v) is 14.7. The number of hydrogen-bond acceptors (Lipinski definition) is 4. The van der Waals surface area contributed by atoms with Crippen molar-refractivity contribution >= 4 is 43.7 Å². The van der Waals surface area contributed by atoms with Gasteiger partial charge in [0.2, 0.25) is 0 Å². The number of rotatable bonds is 5. The zero-order chi connectivity index (χ0) is 45.2. The summed E-state index contributed by atoms with van der Waals surface area (Å²) in [5.41, 5.74) is 19.9. The summed E-state index contributed by atoms with van der Waals surface area (Å²) in [7, 11) is 0. The molecule has 3 heterocycles. The second kappa shape index (κ2) is 14.4. The maximum atomic E-state index is 6.51. The van der Waals surface area contributed by atoms with E-state index in [0.29, 0.717) is 17.5 Å². The first-order chi connectivity index (χ1) is 34.2. The Morgan fingerprint density at radius 2 is 0.899 bits per heavy atom. The molecule has 0 atom stereocenters. The molecule has 0 unspecified atom stereocenters. The topological polar surface area (TPSA) is 56.7 Å². The average Bonchev–Trinajstić information content (AvgIpc) is 4.14. The molecule has 5 nitrogen and oxygen atoms in total. The summed E-state index contributed by atoms with van der Waals surface area (Å²) in [4.78, 5) is 15.6. The summed E-state index contributed by atoms with van der Waals surface area (Å²) < 4.78 is 8.97. The fourth-order valence-corrected chi connectivity index (χ4v) is 11.8. The molecule has 0 fully saturated rings. The molecule has 0 radical (unpaired) electrons. The van der Waals surface area contributed by atoms with E-state index in [1.165, 1.54) is 66.4 Å². The van der Waals surface area contributed by atoms with Crippen molar-refractivity contribution in [2.75, 3.05) is 0 Å². The maximum Gasteiger partial charge on any atom is 0.164 e. The van der Waals surface area contributed by atoms with Gasteiger partial charge in [0.05, 0.1) is 16.4 Å². The SMILES string of the molecule is c1ccc(-c2ccc3oc4cc(-c5nc(-c6ccccc6)nc(-c6cccc(-n7c8ccccc8c8ccc9c(c87)-c7ccccc7C97c8ccccc8-c8ccccc87)c6)n5)ccc4c3c2)cc1. The second-order valence-corrected chi connectivity index (χ2v) is 18.2. The maximum absolute atomic E-state index is 6.51. The molecule has 3 aromatic heterocycles. The van der Waals surface area contributed by atoms with Gasteiger partial charge in [-0.05, 0) is 92.5 Å². The predicted molar refractivity (Wildman–Crippen MR) is 279 cm³/mol. The average molecular weight is 879 g/mol. The molecule has 320 valence electrons. The van der Waals surface area contributed by atoms with Crippen molar-refractivity contribution < 1.29 is 4.42 Å². The summed E-state index contributed by atoms with van der Waals surface area (Å²) in [6.45, 7) is 0. The summed E-state index contributed by atoms with van der Waals surface area (Å²) >= 11 is 0. The van der Waals surface area contributed by atoms with Crippen LogP contribution in [0.15, 0.2) is 235 Å². The minimum atomic E-state index is -0.456. The van der Waals surface area contributed by atoms with Crippen LogP contribution in [-0.4, -0.2) is 19.5 Å². The van der Waals surface area contributed by atoms with Crippen LogP contribution in [-0.2, 0) is 5.41 Å². The highest BCUT2D eigenvalue weighted by atomic mass is 16.3. The smallest absolute Gasteiger partial charge is 0.164 e. The summed E-state index contributed by atoms with van der Waals surface area (Å²) in [5, 5.41) is 4.54. The predicted octanol–water partition coefficient (Wildman–Crippen LogP) is 15.9. The van der Waals surface area contributed by atoms with Crippen molar-refractivity contribution in [3.05, 3.63) is 253 Å². The molecule has 69 heavy (non-hydrogen) atoms. The van der Waals surface area contributed by atoms with Crippen molar-refractivity contribution in [3.8, 4) is 73.2 Å². The number of furan rings is 1. The van der Waals surface area contributed by atoms with Gasteiger partial charge in [0.25, 0.3) is 0 Å². The van der Waals surface area contributed by atoms with E-state index >= 15 is 0 Å². The first kappa shape index (κ1) is 38.0. The monoisotopic (exact) mass is 878 g/mol. The normalized spacial score (nSPS) is 13.0. The van der Waals surface area contributed by atoms with E-state index in [4.69, 9.17) is 19.4 Å². The van der Waals surface area contributed by atoms with Gasteiger partial charge in [-0.2, -0.15) is 0 Å². The van der Waals surface area contributed by atoms with Gasteiger partial charge in [-0.15, -0.1) is 0 Å². The third kappa shape index (κ3) is 5.38. The second-order valence-electron chi connectivity index (χ2n) is 18.2. The lowest BCUT2D eigenvalue weighted by Crippen LogP contribution is -2.25. The van der Waals surface area contributed by atoms with E-state index in [1.54, 1.807) is 0 Å². The van der Waals surface area contributed by atoms with Crippen LogP contribution in [0.25, 0.3) is 117 Å². The molecule has 1 spiro atoms. The number of aromatic nitrogens is 4. The molecule has 0 bridgehead atoms. The molecule has 10 aromatic carbocycles. The van der Waals surface area contributed by atoms with E-state index in [9.17, 15) is 0 Å². The minimum Gasteiger partial charge on any atom is -0.456 e. The third-order valence-electron chi connectivity index (χ3n) is 14.7. The summed E-state index contributed by atoms with van der Waals surface area (Å²) in [5.74, 6) is 1.77. The largest absolute Gasteiger partial charge is 0.456 e. The zero-order valence-electron chi connectivity index (χ0n) is 37.1. The Bertz CT molecular complexity index is 4210. The first-order valence-electron chi connectivity index (χ1n) is 23.5. The van der Waals surface area contributed by atoms with Gasteiger partial charge in [-0.25, -0.2) is 15.0 Å². The van der Waals surface area contributed by atoms with E-state index in [1.807, 2.05) is 24.3 Å². The molecule has 2 aliphatic rings. The summed E-state index contributed by atoms with van der Waals surface area (Å²) in [6.07, 6.45) is 0. The molecule has 13 aromatic rings. The standard InChI is InChI=1S/C64H38N4O/c1-3-16-39(17-4-1)41-31-35-57-51(37-41)48-32-30-43(38-58(48)69-57)63-66-61(40-18-5-2-6-19-40)65-62(67-63)42-20-15-21-44(36-42)68-56-29-14-10-24-47(56)49-33-34-55-59(60(49)68)50-25-9-13-28-54(50)64(55)52-26-11-7-22-45(52)46-23-8-12-27-53(46)64/h1-38H. The number of nitrogens with zero attached hydrogens (tertiary/aromatic N) is 4. The van der Waals surface area contributed by atoms with Crippen LogP contribution in [0.2, 0.25) is 0 Å². The van der Waals surface area contributed by atoms with Crippen molar-refractivity contribution in [1.82, 2.24) is 19.5 Å². The Morgan fingerprint density at radius 1 is 0.333 bits per heavy atom. The molecule has 5 heteroatoms. The zero-order valence-corrected chi connectivity index (χ0v) is 37.1. The molecular formula is C64H38N4O. The molecule has 0 amide bonds. The lowest BCUT2D eigenvalue weighted by atomic mass is 9.70. The molecule has 0 aliphatic heterocycles. The van der Waals surface area contributed by atoms with E-state index in [0.717, 1.165) is 55.4 Å². The van der Waals surface area contributed by atoms with E-state index in [2.05, 4.69) is 211 Å². The van der Waals surface area contributed by atoms with Gasteiger partial charge >= 0.3 is 0 Å². The van der Waals surface area contributed by atoms with Crippen LogP contribution in [0.5, 0.6) is 0 Å². The number of para-hydroxylation sites is 1. The van der Waals surface area contributed by atoms with Gasteiger partial charge in [0.15, 0.2) is 17.5 Å². The fraction of sp³-hybridized carbons (Fsp3) is 0.0156. The van der Waals surface area contributed by atoms with Crippen molar-refractivity contribution in [2.24, 2.45) is 0 Å². The van der Waals surface area contributed by atoms with Crippen LogP contribution in [0.4, 0.5) is 0 Å². The Kier molecular flexibility index (Phi) is 7.93. The van der Waals surface area contributed by atoms with Crippen molar-refractivity contribution in [3.63, 3.8) is 0 Å². The van der Waals surface area contributed by atoms with Gasteiger partial charge in [0.1, 0.15) is 11.2 Å². The van der Waals surface area contributed by atoms with Crippen LogP contribution in [0.3, 0.4) is 0 Å². The van der Waals surface area contributed by atoms with Crippen LogP contribution >= 0.6 is 0 Å². The lowest BCUT2D eigenvalue weighted by molar-refractivity contribution is 0.669. The molecule has 2 aliphatic carbocycles. The highest BCUT2D eigenvalue weighted by Crippen LogP contribution is 2.64. The van der Waals surface area contributed by atoms with Gasteiger partial charge in [-0.3, -0.25) is 0 Å². The number of benzene rings is 10. The highest BCUT2D eigenvalue weighted by Gasteiger charge is 2.52. The molecular weight excluding hydrogens is 841 g/mol. The lowest BCUT2D eigenvalue weighted by Gasteiger charge is -2.30. The van der Waals surface area contributed by atoms with Gasteiger partial charge in [-0.1, -0.05) is 188 Å². The Balaban J connectivity index is 0.928. The Labute approximate surface area is 397 Å². The van der Waals surface area contributed by atoms with E-state index in [-0.39, 0.29) is 0 Å². The van der Waals surface area contributed by atoms with Gasteiger partial charge < -0.3 is 8.98 Å². The molecule has 0 N–H and O–H groups in total. The Hall–Kier alpha value is -9.19.